The van der Waals surface area contributed by atoms with Crippen LogP contribution in [-0.2, 0) is 4.79 Å². The van der Waals surface area contributed by atoms with E-state index in [0.717, 1.165) is 0 Å². The summed E-state index contributed by atoms with van der Waals surface area (Å²) in [6.45, 7) is 3.73. The van der Waals surface area contributed by atoms with Crippen LogP contribution in [0.2, 0.25) is 0 Å². The first-order valence-electron chi connectivity index (χ1n) is 7.35. The number of aliphatic hydroxyl groups is 1. The van der Waals surface area contributed by atoms with Gasteiger partial charge in [0.05, 0.1) is 19.4 Å². The van der Waals surface area contributed by atoms with Crippen molar-refractivity contribution >= 4 is 17.9 Å². The minimum atomic E-state index is -0.974. The van der Waals surface area contributed by atoms with E-state index in [4.69, 9.17) is 9.47 Å². The molecule has 0 saturated heterocycles. The fourth-order valence-corrected chi connectivity index (χ4v) is 2.74. The zero-order chi connectivity index (χ0) is 16.3. The van der Waals surface area contributed by atoms with Crippen LogP contribution < -0.4 is 14.4 Å². The number of β-amino-alcohol motifs (C(OH)–C–C–N with tert-alkyl or cyclic N) is 1. The van der Waals surface area contributed by atoms with E-state index in [2.05, 4.69) is 0 Å². The van der Waals surface area contributed by atoms with Crippen molar-refractivity contribution in [2.75, 3.05) is 25.2 Å². The maximum absolute atomic E-state index is 12.8. The van der Waals surface area contributed by atoms with Gasteiger partial charge in [-0.1, -0.05) is 13.8 Å². The lowest BCUT2D eigenvalue weighted by atomic mass is 9.92. The number of amides is 1. The molecule has 1 aliphatic rings. The number of fused-ring (bicyclic) bond motifs is 1. The molecule has 1 amide bonds. The molecule has 22 heavy (non-hydrogen) atoms. The molecule has 1 heterocycles. The van der Waals surface area contributed by atoms with Crippen molar-refractivity contribution in [2.24, 2.45) is 0 Å². The van der Waals surface area contributed by atoms with Crippen molar-refractivity contribution in [3.05, 3.63) is 17.7 Å². The quantitative estimate of drug-likeness (QED) is 0.811. The second-order valence-corrected chi connectivity index (χ2v) is 5.17. The normalized spacial score (nSPS) is 16.0. The van der Waals surface area contributed by atoms with E-state index in [9.17, 15) is 14.7 Å². The summed E-state index contributed by atoms with van der Waals surface area (Å²) in [4.78, 5) is 25.4. The fourth-order valence-electron chi connectivity index (χ4n) is 2.74. The van der Waals surface area contributed by atoms with Gasteiger partial charge >= 0.3 is 0 Å². The monoisotopic (exact) mass is 307 g/mol. The average molecular weight is 307 g/mol. The molecule has 6 nitrogen and oxygen atoms in total. The maximum Gasteiger partial charge on any atom is 0.271 e. The van der Waals surface area contributed by atoms with Crippen molar-refractivity contribution in [2.45, 2.75) is 32.3 Å². The Kier molecular flexibility index (Phi) is 4.71. The molecule has 0 atom stereocenters. The smallest absolute Gasteiger partial charge is 0.271 e. The third-order valence-electron chi connectivity index (χ3n) is 4.10. The third-order valence-corrected chi connectivity index (χ3v) is 4.10. The number of rotatable bonds is 6. The standard InChI is InChI=1S/C16H21NO5/c1-4-16(5-2)15(20)17(6-7-18)12-8-11(10-19)9-13(21-3)14(12)22-16/h8-10,18H,4-7H2,1-3H3. The summed E-state index contributed by atoms with van der Waals surface area (Å²) in [7, 11) is 1.49. The minimum Gasteiger partial charge on any atom is -0.493 e. The van der Waals surface area contributed by atoms with Gasteiger partial charge in [-0.3, -0.25) is 9.59 Å². The summed E-state index contributed by atoms with van der Waals surface area (Å²) in [5.41, 5.74) is -0.133. The Hall–Kier alpha value is -2.08. The van der Waals surface area contributed by atoms with Crippen molar-refractivity contribution in [1.29, 1.82) is 0 Å². The zero-order valence-corrected chi connectivity index (χ0v) is 13.1. The van der Waals surface area contributed by atoms with Gasteiger partial charge < -0.3 is 19.5 Å². The van der Waals surface area contributed by atoms with Crippen LogP contribution in [0.5, 0.6) is 11.5 Å². The molecule has 120 valence electrons. The van der Waals surface area contributed by atoms with Crippen LogP contribution in [0.1, 0.15) is 37.0 Å². The molecule has 0 aliphatic carbocycles. The number of hydrogen-bond donors (Lipinski definition) is 1. The summed E-state index contributed by atoms with van der Waals surface area (Å²) < 4.78 is 11.3. The van der Waals surface area contributed by atoms with Crippen LogP contribution in [0.25, 0.3) is 0 Å². The van der Waals surface area contributed by atoms with Crippen molar-refractivity contribution in [1.82, 2.24) is 0 Å². The van der Waals surface area contributed by atoms with Crippen molar-refractivity contribution < 1.29 is 24.2 Å². The topological polar surface area (TPSA) is 76.1 Å². The molecule has 1 aromatic rings. The van der Waals surface area contributed by atoms with Crippen LogP contribution in [0.3, 0.4) is 0 Å². The molecule has 0 spiro atoms. The summed E-state index contributed by atoms with van der Waals surface area (Å²) in [6, 6.07) is 3.16. The number of ether oxygens (including phenoxy) is 2. The zero-order valence-electron chi connectivity index (χ0n) is 13.1. The van der Waals surface area contributed by atoms with Crippen LogP contribution >= 0.6 is 0 Å². The van der Waals surface area contributed by atoms with E-state index in [0.29, 0.717) is 41.9 Å². The molecule has 6 heteroatoms. The molecule has 0 saturated carbocycles. The van der Waals surface area contributed by atoms with Crippen LogP contribution in [0, 0.1) is 0 Å². The fraction of sp³-hybridized carbons (Fsp3) is 0.500. The number of carbonyl (C=O) groups excluding carboxylic acids is 2. The summed E-state index contributed by atoms with van der Waals surface area (Å²) >= 11 is 0. The Morgan fingerprint density at radius 1 is 1.36 bits per heavy atom. The largest absolute Gasteiger partial charge is 0.493 e. The number of carbonyl (C=O) groups is 2. The Labute approximate surface area is 129 Å². The average Bonchev–Trinajstić information content (AvgIpc) is 2.56. The number of aldehydes is 1. The SMILES string of the molecule is CCC1(CC)Oc2c(OC)cc(C=O)cc2N(CCO)C1=O. The van der Waals surface area contributed by atoms with Crippen molar-refractivity contribution in [3.8, 4) is 11.5 Å². The summed E-state index contributed by atoms with van der Waals surface area (Å²) in [5.74, 6) is 0.635. The minimum absolute atomic E-state index is 0.141. The van der Waals surface area contributed by atoms with Gasteiger partial charge in [-0.05, 0) is 25.0 Å². The lowest BCUT2D eigenvalue weighted by Crippen LogP contribution is -2.56. The van der Waals surface area contributed by atoms with Gasteiger partial charge in [0.2, 0.25) is 0 Å². The van der Waals surface area contributed by atoms with E-state index in [1.807, 2.05) is 13.8 Å². The molecular weight excluding hydrogens is 286 g/mol. The molecule has 1 N–H and O–H groups in total. The number of anilines is 1. The Morgan fingerprint density at radius 3 is 2.55 bits per heavy atom. The first-order chi connectivity index (χ1) is 10.6. The number of benzene rings is 1. The van der Waals surface area contributed by atoms with Gasteiger partial charge in [-0.25, -0.2) is 0 Å². The molecule has 0 aromatic heterocycles. The number of nitrogens with zero attached hydrogens (tertiary/aromatic N) is 1. The van der Waals surface area contributed by atoms with Gasteiger partial charge in [0.1, 0.15) is 6.29 Å². The molecule has 0 unspecified atom stereocenters. The van der Waals surface area contributed by atoms with Gasteiger partial charge in [0, 0.05) is 12.1 Å². The highest BCUT2D eigenvalue weighted by molar-refractivity contribution is 6.04. The Balaban J connectivity index is 2.67. The van der Waals surface area contributed by atoms with E-state index >= 15 is 0 Å². The molecule has 0 bridgehead atoms. The summed E-state index contributed by atoms with van der Waals surface area (Å²) in [5, 5.41) is 9.29. The number of hydrogen-bond acceptors (Lipinski definition) is 5. The van der Waals surface area contributed by atoms with Crippen molar-refractivity contribution in [3.63, 3.8) is 0 Å². The Bertz CT molecular complexity index is 580. The van der Waals surface area contributed by atoms with Crippen LogP contribution in [-0.4, -0.2) is 43.2 Å². The van der Waals surface area contributed by atoms with E-state index < -0.39 is 5.60 Å². The number of aliphatic hydroxyl groups excluding tert-OH is 1. The predicted octanol–water partition coefficient (Wildman–Crippen LogP) is 1.78. The molecule has 2 rings (SSSR count). The van der Waals surface area contributed by atoms with Crippen LogP contribution in [0.15, 0.2) is 12.1 Å². The second kappa shape index (κ2) is 6.36. The third kappa shape index (κ3) is 2.43. The molecule has 0 fully saturated rings. The lowest BCUT2D eigenvalue weighted by molar-refractivity contribution is -0.136. The predicted molar refractivity (Wildman–Crippen MR) is 81.8 cm³/mol. The molecule has 1 aliphatic heterocycles. The highest BCUT2D eigenvalue weighted by atomic mass is 16.5. The lowest BCUT2D eigenvalue weighted by Gasteiger charge is -2.42. The highest BCUT2D eigenvalue weighted by Gasteiger charge is 2.46. The van der Waals surface area contributed by atoms with E-state index in [1.54, 1.807) is 12.1 Å². The first kappa shape index (κ1) is 16.3. The first-order valence-corrected chi connectivity index (χ1v) is 7.35. The highest BCUT2D eigenvalue weighted by Crippen LogP contribution is 2.46. The van der Waals surface area contributed by atoms with Gasteiger partial charge in [-0.2, -0.15) is 0 Å². The Morgan fingerprint density at radius 2 is 2.05 bits per heavy atom. The van der Waals surface area contributed by atoms with Gasteiger partial charge in [0.25, 0.3) is 5.91 Å². The summed E-state index contributed by atoms with van der Waals surface area (Å²) in [6.07, 6.45) is 1.69. The number of methoxy groups -OCH3 is 1. The maximum atomic E-state index is 12.8. The van der Waals surface area contributed by atoms with E-state index in [1.165, 1.54) is 12.0 Å². The van der Waals surface area contributed by atoms with Gasteiger partial charge in [-0.15, -0.1) is 0 Å². The molecule has 0 radical (unpaired) electrons. The van der Waals surface area contributed by atoms with Crippen LogP contribution in [0.4, 0.5) is 5.69 Å². The second-order valence-electron chi connectivity index (χ2n) is 5.17. The molecular formula is C16H21NO5. The van der Waals surface area contributed by atoms with Gasteiger partial charge in [0.15, 0.2) is 17.1 Å². The van der Waals surface area contributed by atoms with E-state index in [-0.39, 0.29) is 19.1 Å². The molecule has 1 aromatic carbocycles.